The van der Waals surface area contributed by atoms with Crippen LogP contribution in [0.5, 0.6) is 0 Å². The molecule has 0 amide bonds. The van der Waals surface area contributed by atoms with Crippen LogP contribution in [0.25, 0.3) is 77.6 Å². The maximum absolute atomic E-state index is 8.55. The second-order valence-electron chi connectivity index (χ2n) is 12.1. The number of benzene rings is 5. The van der Waals surface area contributed by atoms with Crippen molar-refractivity contribution >= 4 is 32.8 Å². The summed E-state index contributed by atoms with van der Waals surface area (Å²) in [6, 6.07) is 40.4. The molecule has 53 heavy (non-hydrogen) atoms. The van der Waals surface area contributed by atoms with Crippen molar-refractivity contribution in [3.63, 3.8) is 0 Å². The van der Waals surface area contributed by atoms with Crippen LogP contribution in [0.1, 0.15) is 48.5 Å². The van der Waals surface area contributed by atoms with Crippen molar-refractivity contribution in [1.82, 2.24) is 15.0 Å². The Hall–Kier alpha value is -5.74. The fraction of sp³-hybridized carbons (Fsp3) is 0.104. The zero-order valence-corrected chi connectivity index (χ0v) is 30.2. The van der Waals surface area contributed by atoms with Gasteiger partial charge in [0.2, 0.25) is 5.71 Å². The molecule has 0 spiro atoms. The summed E-state index contributed by atoms with van der Waals surface area (Å²) in [6.45, 7) is -12.0. The Morgan fingerprint density at radius 1 is 0.623 bits per heavy atom. The summed E-state index contributed by atoms with van der Waals surface area (Å²) < 4.78 is 123. The molecule has 5 heteroatoms. The number of hydrogen-bond donors (Lipinski definition) is 0. The molecule has 0 bridgehead atoms. The molecule has 0 saturated carbocycles. The van der Waals surface area contributed by atoms with Crippen molar-refractivity contribution in [1.29, 1.82) is 0 Å². The van der Waals surface area contributed by atoms with Crippen molar-refractivity contribution < 1.29 is 45.1 Å². The molecule has 0 aliphatic heterocycles. The zero-order chi connectivity index (χ0) is 48.3. The molecule has 261 valence electrons. The van der Waals surface area contributed by atoms with Crippen LogP contribution in [0, 0.1) is 46.4 Å². The van der Waals surface area contributed by atoms with E-state index in [1.807, 2.05) is 42.5 Å². The van der Waals surface area contributed by atoms with Gasteiger partial charge < -0.3 is 14.4 Å². The van der Waals surface area contributed by atoms with E-state index in [2.05, 4.69) is 27.1 Å². The summed E-state index contributed by atoms with van der Waals surface area (Å²) in [4.78, 5) is 12.8. The van der Waals surface area contributed by atoms with Gasteiger partial charge in [-0.1, -0.05) is 90.6 Å². The summed E-state index contributed by atoms with van der Waals surface area (Å²) in [5, 5.41) is 2.43. The topological polar surface area (TPSA) is 51.8 Å². The minimum Gasteiger partial charge on any atom is -0.486 e. The normalized spacial score (nSPS) is 16.3. The smallest absolute Gasteiger partial charge is 0.216 e. The maximum atomic E-state index is 8.55. The van der Waals surface area contributed by atoms with Gasteiger partial charge in [-0.05, 0) is 107 Å². The molecule has 4 nitrogen and oxygen atoms in total. The maximum Gasteiger partial charge on any atom is 0.216 e. The van der Waals surface area contributed by atoms with Crippen LogP contribution in [0.3, 0.4) is 0 Å². The Morgan fingerprint density at radius 3 is 2.26 bits per heavy atom. The zero-order valence-electron chi connectivity index (χ0n) is 42.8. The van der Waals surface area contributed by atoms with Gasteiger partial charge in [0, 0.05) is 64.1 Å². The van der Waals surface area contributed by atoms with Crippen molar-refractivity contribution in [2.45, 2.75) is 34.3 Å². The third-order valence-corrected chi connectivity index (χ3v) is 8.73. The third kappa shape index (κ3) is 7.19. The predicted molar refractivity (Wildman–Crippen MR) is 214 cm³/mol. The van der Waals surface area contributed by atoms with E-state index in [4.69, 9.17) is 25.0 Å². The summed E-state index contributed by atoms with van der Waals surface area (Å²) >= 11 is 0. The fourth-order valence-electron chi connectivity index (χ4n) is 6.13. The molecule has 4 aromatic heterocycles. The summed E-state index contributed by atoms with van der Waals surface area (Å²) in [5.74, 6) is 0. The molecule has 0 N–H and O–H groups in total. The fourth-order valence-corrected chi connectivity index (χ4v) is 6.13. The molecule has 0 saturated heterocycles. The minimum absolute atomic E-state index is 0. The summed E-state index contributed by atoms with van der Waals surface area (Å²) in [7, 11) is 0. The van der Waals surface area contributed by atoms with E-state index in [0.29, 0.717) is 49.6 Å². The van der Waals surface area contributed by atoms with E-state index >= 15 is 0 Å². The van der Waals surface area contributed by atoms with Gasteiger partial charge in [0.1, 0.15) is 0 Å². The minimum atomic E-state index is -2.61. The van der Waals surface area contributed by atoms with Crippen molar-refractivity contribution in [2.24, 2.45) is 0 Å². The second kappa shape index (κ2) is 15.1. The summed E-state index contributed by atoms with van der Waals surface area (Å²) in [6.07, 6.45) is 2.54. The van der Waals surface area contributed by atoms with Gasteiger partial charge >= 0.3 is 0 Å². The van der Waals surface area contributed by atoms with Gasteiger partial charge in [0.05, 0.1) is 5.58 Å². The molecule has 0 atom stereocenters. The SMILES string of the molecule is [2H]C([2H])([2H])c1c[c-]c(-c2ccc(C([2H])([2H])[2H])cn2)cc1.[2H]C([2H])([2H])c1ccc2c(n1)oc1c(-c3cc(-c4ccc5cc(-c6ccccc6)ccc5c4C([2H])([2H])[2H])c(C([2H])([2H])[2H])cn3)[c-]ccc12.[Ir]. The van der Waals surface area contributed by atoms with Crippen LogP contribution >= 0.6 is 0 Å². The van der Waals surface area contributed by atoms with Gasteiger partial charge in [-0.2, -0.15) is 0 Å². The number of nitrogens with zero attached hydrogens (tertiary/aromatic N) is 3. The van der Waals surface area contributed by atoms with Crippen LogP contribution in [0.4, 0.5) is 0 Å². The van der Waals surface area contributed by atoms with E-state index in [1.165, 1.54) is 36.7 Å². The molecule has 4 heterocycles. The molecular formula is C48H37IrN3O-2. The van der Waals surface area contributed by atoms with Gasteiger partial charge in [0.15, 0.2) is 0 Å². The number of rotatable bonds is 4. The first-order valence-corrected chi connectivity index (χ1v) is 16.3. The van der Waals surface area contributed by atoms with E-state index in [-0.39, 0.29) is 64.9 Å². The number of aryl methyl sites for hydroxylation is 5. The average Bonchev–Trinajstić information content (AvgIpc) is 3.66. The van der Waals surface area contributed by atoms with E-state index in [9.17, 15) is 0 Å². The Morgan fingerprint density at radius 2 is 1.49 bits per heavy atom. The third-order valence-electron chi connectivity index (χ3n) is 8.73. The number of fused-ring (bicyclic) bond motifs is 4. The molecule has 0 aliphatic carbocycles. The average molecular weight is 879 g/mol. The molecule has 9 aromatic rings. The van der Waals surface area contributed by atoms with E-state index < -0.39 is 34.3 Å². The van der Waals surface area contributed by atoms with Crippen LogP contribution in [0.2, 0.25) is 0 Å². The predicted octanol–water partition coefficient (Wildman–Crippen LogP) is 12.4. The monoisotopic (exact) mass is 879 g/mol. The van der Waals surface area contributed by atoms with E-state index in [1.54, 1.807) is 54.6 Å². The van der Waals surface area contributed by atoms with Crippen molar-refractivity contribution in [3.05, 3.63) is 174 Å². The molecule has 0 fully saturated rings. The Balaban J connectivity index is 0.000000274. The summed E-state index contributed by atoms with van der Waals surface area (Å²) in [5.41, 5.74) is 4.86. The second-order valence-corrected chi connectivity index (χ2v) is 12.1. The van der Waals surface area contributed by atoms with Crippen molar-refractivity contribution in [3.8, 4) is 44.8 Å². The standard InChI is InChI=1S/C35H25N2O.C13H12N.Ir/c1-21-20-36-33(31-11-7-10-29-30-15-12-22(2)37-35(30)38-34(29)31)19-32(21)28-17-14-26-18-25(13-16-27(26)23(28)3)24-8-5-4-6-9-24;1-10-3-6-12(7-4-10)13-8-5-11(2)9-14-13;/h4-10,12-20H,1-3H3;3-6,8-9H,1-2H3;/q2*-1;/i1D3,2D3,3D3;1D3,2D3;. The largest absolute Gasteiger partial charge is 0.486 e. The Bertz CT molecular complexity index is 3210. The molecule has 1 radical (unpaired) electrons. The molecular weight excluding hydrogens is 827 g/mol. The van der Waals surface area contributed by atoms with E-state index in [0.717, 1.165) is 11.1 Å². The first-order chi connectivity index (χ1) is 31.4. The Labute approximate surface area is 345 Å². The van der Waals surface area contributed by atoms with Gasteiger partial charge in [-0.25, -0.2) is 4.98 Å². The van der Waals surface area contributed by atoms with Crippen LogP contribution in [-0.2, 0) is 20.1 Å². The molecule has 5 aromatic carbocycles. The van der Waals surface area contributed by atoms with Crippen LogP contribution in [0.15, 0.2) is 138 Å². The van der Waals surface area contributed by atoms with Gasteiger partial charge in [-0.15, -0.1) is 53.6 Å². The van der Waals surface area contributed by atoms with Crippen LogP contribution < -0.4 is 0 Å². The molecule has 0 aliphatic rings. The number of aromatic nitrogens is 3. The number of furan rings is 1. The number of hydrogen-bond acceptors (Lipinski definition) is 4. The van der Waals surface area contributed by atoms with Gasteiger partial charge in [-0.3, -0.25) is 0 Å². The molecule has 0 unspecified atom stereocenters. The first-order valence-electron chi connectivity index (χ1n) is 23.8. The van der Waals surface area contributed by atoms with Gasteiger partial charge in [0.25, 0.3) is 0 Å². The Kier molecular flexibility index (Phi) is 6.18. The van der Waals surface area contributed by atoms with Crippen molar-refractivity contribution in [2.75, 3.05) is 0 Å². The molecule has 9 rings (SSSR count). The van der Waals surface area contributed by atoms with Crippen LogP contribution in [-0.4, -0.2) is 15.0 Å². The first kappa shape index (κ1) is 21.7. The quantitative estimate of drug-likeness (QED) is 0.165. The number of pyridine rings is 3.